The topological polar surface area (TPSA) is 26.3 Å². The van der Waals surface area contributed by atoms with Crippen LogP contribution in [0.4, 0.5) is 0 Å². The van der Waals surface area contributed by atoms with Crippen LogP contribution >= 0.6 is 0 Å². The summed E-state index contributed by atoms with van der Waals surface area (Å²) >= 11 is 0. The first-order valence-electron chi connectivity index (χ1n) is 7.52. The average Bonchev–Trinajstić information content (AvgIpc) is 2.35. The molecule has 2 rings (SSSR count). The Morgan fingerprint density at radius 3 is 2.42 bits per heavy atom. The fourth-order valence-electron chi connectivity index (χ4n) is 2.69. The minimum atomic E-state index is -0.0969. The van der Waals surface area contributed by atoms with Crippen molar-refractivity contribution in [2.24, 2.45) is 0 Å². The van der Waals surface area contributed by atoms with E-state index in [0.717, 1.165) is 24.3 Å². The highest BCUT2D eigenvalue weighted by Gasteiger charge is 2.23. The highest BCUT2D eigenvalue weighted by molar-refractivity contribution is 5.78. The van der Waals surface area contributed by atoms with E-state index in [-0.39, 0.29) is 11.9 Å². The largest absolute Gasteiger partial charge is 0.466 e. The first-order chi connectivity index (χ1) is 9.26. The van der Waals surface area contributed by atoms with Gasteiger partial charge in [0, 0.05) is 0 Å². The molecule has 104 valence electrons. The molecule has 0 amide bonds. The van der Waals surface area contributed by atoms with Crippen LogP contribution in [0, 0.1) is 0 Å². The van der Waals surface area contributed by atoms with Crippen molar-refractivity contribution >= 4 is 5.97 Å². The molecule has 2 nitrogen and oxygen atoms in total. The fourth-order valence-corrected chi connectivity index (χ4v) is 2.69. The Bertz CT molecular complexity index is 404. The van der Waals surface area contributed by atoms with E-state index in [2.05, 4.69) is 31.2 Å². The number of carbonyl (C=O) groups is 1. The van der Waals surface area contributed by atoms with Gasteiger partial charge in [0.1, 0.15) is 0 Å². The third kappa shape index (κ3) is 3.37. The van der Waals surface area contributed by atoms with Crippen molar-refractivity contribution in [1.82, 2.24) is 0 Å². The van der Waals surface area contributed by atoms with E-state index in [1.807, 2.05) is 6.92 Å². The van der Waals surface area contributed by atoms with E-state index in [9.17, 15) is 4.79 Å². The molecule has 1 saturated carbocycles. The zero-order chi connectivity index (χ0) is 13.7. The Morgan fingerprint density at radius 2 is 1.95 bits per heavy atom. The van der Waals surface area contributed by atoms with E-state index in [1.54, 1.807) is 0 Å². The van der Waals surface area contributed by atoms with Crippen LogP contribution in [0.2, 0.25) is 0 Å². The second kappa shape index (κ2) is 6.74. The number of rotatable bonds is 6. The molecule has 0 N–H and O–H groups in total. The van der Waals surface area contributed by atoms with E-state index < -0.39 is 0 Å². The maximum atomic E-state index is 12.0. The summed E-state index contributed by atoms with van der Waals surface area (Å²) in [6, 6.07) is 8.62. The molecule has 2 heteroatoms. The molecule has 0 spiro atoms. The lowest BCUT2D eigenvalue weighted by molar-refractivity contribution is -0.145. The summed E-state index contributed by atoms with van der Waals surface area (Å²) in [6.07, 6.45) is 5.84. The first kappa shape index (κ1) is 14.1. The summed E-state index contributed by atoms with van der Waals surface area (Å²) in [5.74, 6) is 0.572. The second-order valence-corrected chi connectivity index (χ2v) is 5.39. The number of esters is 1. The lowest BCUT2D eigenvalue weighted by Crippen LogP contribution is -2.16. The van der Waals surface area contributed by atoms with Gasteiger partial charge in [-0.15, -0.1) is 0 Å². The molecule has 0 aromatic heterocycles. The van der Waals surface area contributed by atoms with E-state index in [4.69, 9.17) is 4.74 Å². The summed E-state index contributed by atoms with van der Waals surface area (Å²) in [6.45, 7) is 4.43. The van der Waals surface area contributed by atoms with Crippen molar-refractivity contribution < 1.29 is 9.53 Å². The third-order valence-electron chi connectivity index (χ3n) is 4.06. The molecule has 0 saturated heterocycles. The van der Waals surface area contributed by atoms with E-state index in [1.165, 1.54) is 24.8 Å². The quantitative estimate of drug-likeness (QED) is 0.709. The van der Waals surface area contributed by atoms with Crippen LogP contribution in [0.3, 0.4) is 0 Å². The molecule has 1 fully saturated rings. The highest BCUT2D eigenvalue weighted by Crippen LogP contribution is 2.36. The summed E-state index contributed by atoms with van der Waals surface area (Å²) < 4.78 is 5.18. The molecule has 1 aromatic rings. The number of carbonyl (C=O) groups excluding carboxylic acids is 1. The van der Waals surface area contributed by atoms with Gasteiger partial charge in [-0.3, -0.25) is 4.79 Å². The predicted molar refractivity (Wildman–Crippen MR) is 77.3 cm³/mol. The van der Waals surface area contributed by atoms with Crippen LogP contribution in [0.25, 0.3) is 0 Å². The van der Waals surface area contributed by atoms with Gasteiger partial charge in [-0.1, -0.05) is 44.0 Å². The molecule has 0 bridgehead atoms. The molecule has 0 heterocycles. The van der Waals surface area contributed by atoms with Crippen LogP contribution in [0.15, 0.2) is 24.3 Å². The minimum Gasteiger partial charge on any atom is -0.466 e. The molecule has 1 aliphatic rings. The maximum absolute atomic E-state index is 12.0. The van der Waals surface area contributed by atoms with Crippen molar-refractivity contribution in [1.29, 1.82) is 0 Å². The van der Waals surface area contributed by atoms with Crippen LogP contribution in [0.1, 0.15) is 68.9 Å². The predicted octanol–water partition coefficient (Wildman–Crippen LogP) is 4.40. The molecule has 19 heavy (non-hydrogen) atoms. The monoisotopic (exact) mass is 260 g/mol. The highest BCUT2D eigenvalue weighted by atomic mass is 16.5. The SMILES string of the molecule is CCCC(C(=O)OCC)c1ccc(C2CCC2)cc1. The van der Waals surface area contributed by atoms with Crippen molar-refractivity contribution in [2.45, 2.75) is 57.8 Å². The van der Waals surface area contributed by atoms with Gasteiger partial charge in [0.25, 0.3) is 0 Å². The fraction of sp³-hybridized carbons (Fsp3) is 0.588. The summed E-state index contributed by atoms with van der Waals surface area (Å²) in [5, 5.41) is 0. The summed E-state index contributed by atoms with van der Waals surface area (Å²) in [4.78, 5) is 12.0. The standard InChI is InChI=1S/C17H24O2/c1-3-6-16(17(18)19-4-2)15-11-9-14(10-12-15)13-7-5-8-13/h9-13,16H,3-8H2,1-2H3. The van der Waals surface area contributed by atoms with Gasteiger partial charge in [0.15, 0.2) is 0 Å². The number of ether oxygens (including phenoxy) is 1. The van der Waals surface area contributed by atoms with Crippen LogP contribution in [-0.2, 0) is 9.53 Å². The van der Waals surface area contributed by atoms with Crippen LogP contribution < -0.4 is 0 Å². The van der Waals surface area contributed by atoms with Gasteiger partial charge in [-0.2, -0.15) is 0 Å². The Hall–Kier alpha value is -1.31. The van der Waals surface area contributed by atoms with Crippen molar-refractivity contribution in [3.8, 4) is 0 Å². The minimum absolute atomic E-state index is 0.0826. The molecule has 1 unspecified atom stereocenters. The van der Waals surface area contributed by atoms with Gasteiger partial charge in [-0.25, -0.2) is 0 Å². The first-order valence-corrected chi connectivity index (χ1v) is 7.52. The Balaban J connectivity index is 2.09. The van der Waals surface area contributed by atoms with E-state index in [0.29, 0.717) is 6.61 Å². The summed E-state index contributed by atoms with van der Waals surface area (Å²) in [5.41, 5.74) is 2.53. The Morgan fingerprint density at radius 1 is 1.26 bits per heavy atom. The van der Waals surface area contributed by atoms with E-state index >= 15 is 0 Å². The van der Waals surface area contributed by atoms with Gasteiger partial charge in [0.05, 0.1) is 12.5 Å². The molecule has 1 aliphatic carbocycles. The Labute approximate surface area is 116 Å². The van der Waals surface area contributed by atoms with Gasteiger partial charge in [-0.05, 0) is 43.2 Å². The molecule has 1 atom stereocenters. The smallest absolute Gasteiger partial charge is 0.313 e. The molecule has 0 aliphatic heterocycles. The van der Waals surface area contributed by atoms with Crippen molar-refractivity contribution in [3.63, 3.8) is 0 Å². The lowest BCUT2D eigenvalue weighted by atomic mass is 9.79. The second-order valence-electron chi connectivity index (χ2n) is 5.39. The van der Waals surface area contributed by atoms with Gasteiger partial charge in [0.2, 0.25) is 0 Å². The number of benzene rings is 1. The van der Waals surface area contributed by atoms with Crippen LogP contribution in [-0.4, -0.2) is 12.6 Å². The molecule has 1 aromatic carbocycles. The summed E-state index contributed by atoms with van der Waals surface area (Å²) in [7, 11) is 0. The van der Waals surface area contributed by atoms with Gasteiger partial charge >= 0.3 is 5.97 Å². The van der Waals surface area contributed by atoms with Crippen LogP contribution in [0.5, 0.6) is 0 Å². The molecule has 0 radical (unpaired) electrons. The lowest BCUT2D eigenvalue weighted by Gasteiger charge is -2.26. The third-order valence-corrected chi connectivity index (χ3v) is 4.06. The van der Waals surface area contributed by atoms with Gasteiger partial charge < -0.3 is 4.74 Å². The maximum Gasteiger partial charge on any atom is 0.313 e. The normalized spacial score (nSPS) is 16.7. The van der Waals surface area contributed by atoms with Crippen molar-refractivity contribution in [2.75, 3.05) is 6.61 Å². The number of hydrogen-bond acceptors (Lipinski definition) is 2. The zero-order valence-electron chi connectivity index (χ0n) is 12.0. The molecular weight excluding hydrogens is 236 g/mol. The number of hydrogen-bond donors (Lipinski definition) is 0. The average molecular weight is 260 g/mol. The Kier molecular flexibility index (Phi) is 5.00. The molecular formula is C17H24O2. The zero-order valence-corrected chi connectivity index (χ0v) is 12.0. The van der Waals surface area contributed by atoms with Crippen molar-refractivity contribution in [3.05, 3.63) is 35.4 Å².